The van der Waals surface area contributed by atoms with Crippen LogP contribution in [0.25, 0.3) is 11.1 Å². The Morgan fingerprint density at radius 3 is 1.77 bits per heavy atom. The molecule has 0 unspecified atom stereocenters. The second-order valence-electron chi connectivity index (χ2n) is 5.28. The molecule has 0 N–H and O–H groups in total. The summed E-state index contributed by atoms with van der Waals surface area (Å²) in [5.74, 6) is 0.0652. The quantitative estimate of drug-likeness (QED) is 0.240. The molecule has 5 nitrogen and oxygen atoms in total. The molecule has 0 aliphatic heterocycles. The van der Waals surface area contributed by atoms with Crippen molar-refractivity contribution in [1.29, 1.82) is 0 Å². The third-order valence-electron chi connectivity index (χ3n) is 3.67. The fourth-order valence-corrected chi connectivity index (χ4v) is 2.54. The van der Waals surface area contributed by atoms with E-state index in [4.69, 9.17) is 14.0 Å². The number of rotatable bonds is 4. The topological polar surface area (TPSA) is 89.1 Å². The van der Waals surface area contributed by atoms with Crippen molar-refractivity contribution >= 4 is 17.7 Å². The summed E-state index contributed by atoms with van der Waals surface area (Å²) in [5.41, 5.74) is 4.58. The Morgan fingerprint density at radius 1 is 0.733 bits per heavy atom. The van der Waals surface area contributed by atoms with Crippen molar-refractivity contribution in [3.05, 3.63) is 110 Å². The maximum atomic E-state index is 11.9. The molecule has 0 heterocycles. The SMILES string of the molecule is CC(=O)c1ccccc1-c1ccccc1C=Nc1ccccc1.[C-]#[O+].[C-]#[O+].[C-]#[O+].[Cr]. The van der Waals surface area contributed by atoms with E-state index in [1.807, 2.05) is 85.1 Å². The van der Waals surface area contributed by atoms with Gasteiger partial charge in [0, 0.05) is 34.7 Å². The maximum absolute atomic E-state index is 11.9. The van der Waals surface area contributed by atoms with Crippen LogP contribution in [0, 0.1) is 20.0 Å². The third kappa shape index (κ3) is 8.84. The summed E-state index contributed by atoms with van der Waals surface area (Å²) in [6, 6.07) is 25.5. The van der Waals surface area contributed by atoms with E-state index in [0.717, 1.165) is 27.9 Å². The second-order valence-corrected chi connectivity index (χ2v) is 5.28. The smallest absolute Gasteiger partial charge is 0 e. The van der Waals surface area contributed by atoms with E-state index < -0.39 is 0 Å². The van der Waals surface area contributed by atoms with Gasteiger partial charge in [0.1, 0.15) is 0 Å². The monoisotopic (exact) mass is 435 g/mol. The molecule has 0 atom stereocenters. The maximum Gasteiger partial charge on any atom is 0 e. The number of benzene rings is 3. The van der Waals surface area contributed by atoms with E-state index in [-0.39, 0.29) is 23.1 Å². The molecule has 0 bridgehead atoms. The molecule has 0 saturated carbocycles. The van der Waals surface area contributed by atoms with E-state index >= 15 is 0 Å². The number of carbonyl (C=O) groups is 1. The molecule has 3 aromatic rings. The second kappa shape index (κ2) is 17.8. The van der Waals surface area contributed by atoms with E-state index in [1.54, 1.807) is 6.92 Å². The van der Waals surface area contributed by atoms with Gasteiger partial charge in [-0.25, -0.2) is 0 Å². The van der Waals surface area contributed by atoms with Crippen molar-refractivity contribution in [1.82, 2.24) is 0 Å². The first-order valence-electron chi connectivity index (χ1n) is 8.15. The van der Waals surface area contributed by atoms with Crippen LogP contribution in [-0.4, -0.2) is 12.0 Å². The van der Waals surface area contributed by atoms with Crippen LogP contribution in [0.5, 0.6) is 0 Å². The van der Waals surface area contributed by atoms with Crippen molar-refractivity contribution in [3.63, 3.8) is 0 Å². The van der Waals surface area contributed by atoms with Gasteiger partial charge in [-0.15, -0.1) is 0 Å². The molecule has 0 saturated heterocycles. The fourth-order valence-electron chi connectivity index (χ4n) is 2.54. The van der Waals surface area contributed by atoms with Gasteiger partial charge in [0.2, 0.25) is 0 Å². The Morgan fingerprint density at radius 2 is 1.20 bits per heavy atom. The molecule has 30 heavy (non-hydrogen) atoms. The summed E-state index contributed by atoms with van der Waals surface area (Å²) in [4.78, 5) is 16.4. The first kappa shape index (κ1) is 29.0. The zero-order valence-electron chi connectivity index (χ0n) is 16.1. The summed E-state index contributed by atoms with van der Waals surface area (Å²) in [5, 5.41) is 0. The van der Waals surface area contributed by atoms with Gasteiger partial charge in [-0.05, 0) is 30.2 Å². The molecule has 3 aromatic carbocycles. The molecule has 0 aliphatic carbocycles. The van der Waals surface area contributed by atoms with Crippen LogP contribution in [-0.2, 0) is 31.3 Å². The van der Waals surface area contributed by atoms with Crippen LogP contribution in [0.2, 0.25) is 0 Å². The third-order valence-corrected chi connectivity index (χ3v) is 3.67. The molecule has 3 rings (SSSR count). The fraction of sp³-hybridized carbons (Fsp3) is 0.0417. The predicted molar refractivity (Wildman–Crippen MR) is 107 cm³/mol. The molecular formula is C24H17CrNO4. The summed E-state index contributed by atoms with van der Waals surface area (Å²) in [6.07, 6.45) is 1.85. The molecular weight excluding hydrogens is 418 g/mol. The summed E-state index contributed by atoms with van der Waals surface area (Å²) < 4.78 is 22.5. The van der Waals surface area contributed by atoms with Crippen LogP contribution in [0.15, 0.2) is 83.9 Å². The van der Waals surface area contributed by atoms with Gasteiger partial charge in [-0.3, -0.25) is 9.79 Å². The van der Waals surface area contributed by atoms with Gasteiger partial charge in [0.25, 0.3) is 0 Å². The van der Waals surface area contributed by atoms with E-state index in [0.29, 0.717) is 0 Å². The number of para-hydroxylation sites is 1. The number of hydrogen-bond acceptors (Lipinski definition) is 2. The Bertz CT molecular complexity index is 978. The van der Waals surface area contributed by atoms with E-state index in [1.165, 1.54) is 0 Å². The standard InChI is InChI=1S/C21H17NO.3CO.Cr/c1-16(23)19-12-7-8-14-21(19)20-13-6-5-9-17(20)15-22-18-10-3-2-4-11-18;3*1-2;/h2-15H,1H3;;;;. The average molecular weight is 435 g/mol. The number of carbonyl (C=O) groups excluding carboxylic acids is 1. The molecule has 0 aliphatic rings. The Hall–Kier alpha value is -3.25. The molecule has 148 valence electrons. The number of Topliss-reactive ketones (excluding diaryl/α,β-unsaturated/α-hetero) is 1. The first-order chi connectivity index (χ1) is 14.3. The van der Waals surface area contributed by atoms with Gasteiger partial charge in [-0.2, -0.15) is 0 Å². The zero-order chi connectivity index (χ0) is 22.1. The van der Waals surface area contributed by atoms with Crippen molar-refractivity contribution < 1.29 is 36.1 Å². The normalized spacial score (nSPS) is 8.50. The first-order valence-corrected chi connectivity index (χ1v) is 8.15. The summed E-state index contributed by atoms with van der Waals surface area (Å²) in [7, 11) is 0. The van der Waals surface area contributed by atoms with Gasteiger partial charge in [0.05, 0.1) is 5.69 Å². The van der Waals surface area contributed by atoms with Crippen LogP contribution in [0.3, 0.4) is 0 Å². The number of hydrogen-bond donors (Lipinski definition) is 0. The molecule has 0 amide bonds. The Labute approximate surface area is 186 Å². The van der Waals surface area contributed by atoms with Crippen LogP contribution >= 0.6 is 0 Å². The molecule has 6 heteroatoms. The van der Waals surface area contributed by atoms with Crippen LogP contribution in [0.4, 0.5) is 5.69 Å². The van der Waals surface area contributed by atoms with Crippen molar-refractivity contribution in [2.45, 2.75) is 6.92 Å². The van der Waals surface area contributed by atoms with Gasteiger partial charge in [0.15, 0.2) is 5.78 Å². The minimum absolute atomic E-state index is 0. The summed E-state index contributed by atoms with van der Waals surface area (Å²) in [6.45, 7) is 15.1. The van der Waals surface area contributed by atoms with Crippen molar-refractivity contribution in [3.8, 4) is 11.1 Å². The Balaban J connectivity index is 0. The number of nitrogens with zero attached hydrogens (tertiary/aromatic N) is 1. The molecule has 0 radical (unpaired) electrons. The molecule has 0 aromatic heterocycles. The molecule has 0 fully saturated rings. The minimum Gasteiger partial charge on any atom is 0 e. The van der Waals surface area contributed by atoms with Gasteiger partial charge < -0.3 is 0 Å². The van der Waals surface area contributed by atoms with E-state index in [2.05, 4.69) is 24.9 Å². The largest absolute Gasteiger partial charge is 0 e. The summed E-state index contributed by atoms with van der Waals surface area (Å²) >= 11 is 0. The number of ketones is 1. The Kier molecular flexibility index (Phi) is 17.2. The van der Waals surface area contributed by atoms with Crippen LogP contribution in [0.1, 0.15) is 22.8 Å². The van der Waals surface area contributed by atoms with Crippen LogP contribution < -0.4 is 0 Å². The zero-order valence-corrected chi connectivity index (χ0v) is 17.3. The number of aliphatic imine (C=N–C) groups is 1. The van der Waals surface area contributed by atoms with E-state index in [9.17, 15) is 4.79 Å². The van der Waals surface area contributed by atoms with Crippen molar-refractivity contribution in [2.75, 3.05) is 0 Å². The van der Waals surface area contributed by atoms with Crippen molar-refractivity contribution in [2.24, 2.45) is 4.99 Å². The minimum atomic E-state index is 0. The van der Waals surface area contributed by atoms with Gasteiger partial charge in [-0.1, -0.05) is 66.7 Å². The molecule has 0 spiro atoms. The average Bonchev–Trinajstić information content (AvgIpc) is 2.82. The van der Waals surface area contributed by atoms with Gasteiger partial charge >= 0.3 is 33.9 Å². The predicted octanol–water partition coefficient (Wildman–Crippen LogP) is 5.19.